The van der Waals surface area contributed by atoms with E-state index in [0.717, 1.165) is 12.0 Å². The molecule has 39 heavy (non-hydrogen) atoms. The Kier molecular flexibility index (Phi) is 6.68. The number of amides is 2. The van der Waals surface area contributed by atoms with Crippen LogP contribution >= 0.6 is 0 Å². The number of nitrogens with one attached hydrogen (secondary N) is 1. The summed E-state index contributed by atoms with van der Waals surface area (Å²) >= 11 is 0. The zero-order chi connectivity index (χ0) is 27.9. The number of nitrogens with zero attached hydrogens (tertiary/aromatic N) is 2. The maximum Gasteiger partial charge on any atom is 0.251 e. The van der Waals surface area contributed by atoms with Gasteiger partial charge in [-0.15, -0.1) is 0 Å². The van der Waals surface area contributed by atoms with Crippen LogP contribution in [0.5, 0.6) is 11.5 Å². The number of fused-ring (bicyclic) bond motifs is 2. The molecular weight excluding hydrogens is 499 g/mol. The number of carbonyl (C=O) groups is 2. The van der Waals surface area contributed by atoms with Crippen molar-refractivity contribution in [3.05, 3.63) is 82.9 Å². The van der Waals surface area contributed by atoms with Crippen molar-refractivity contribution in [2.45, 2.75) is 38.5 Å². The first kappa shape index (κ1) is 26.1. The van der Waals surface area contributed by atoms with Gasteiger partial charge in [0, 0.05) is 46.4 Å². The summed E-state index contributed by atoms with van der Waals surface area (Å²) < 4.78 is 19.5. The summed E-state index contributed by atoms with van der Waals surface area (Å²) in [6.45, 7) is 5.93. The molecule has 0 saturated heterocycles. The van der Waals surface area contributed by atoms with Crippen LogP contribution in [0.1, 0.15) is 53.9 Å². The second-order valence-electron chi connectivity index (χ2n) is 10.1. The molecule has 8 nitrogen and oxygen atoms in total. The van der Waals surface area contributed by atoms with Crippen LogP contribution < -0.4 is 15.8 Å². The lowest BCUT2D eigenvalue weighted by atomic mass is 9.82. The maximum atomic E-state index is 13.6. The van der Waals surface area contributed by atoms with Crippen molar-refractivity contribution in [3.8, 4) is 22.8 Å². The van der Waals surface area contributed by atoms with Crippen LogP contribution in [-0.2, 0) is 16.6 Å². The summed E-state index contributed by atoms with van der Waals surface area (Å²) in [6, 6.07) is 12.7. The average Bonchev–Trinajstić information content (AvgIpc) is 3.28. The molecule has 4 N–H and O–H groups in total. The number of halogens is 1. The minimum Gasteiger partial charge on any atom is -0.506 e. The highest BCUT2D eigenvalue weighted by atomic mass is 19.1. The molecule has 2 atom stereocenters. The number of ether oxygens (including phenoxy) is 1. The van der Waals surface area contributed by atoms with Crippen LogP contribution in [0.3, 0.4) is 0 Å². The smallest absolute Gasteiger partial charge is 0.251 e. The highest BCUT2D eigenvalue weighted by Gasteiger charge is 2.44. The molecule has 1 unspecified atom stereocenters. The molecule has 2 amide bonds. The van der Waals surface area contributed by atoms with Crippen LogP contribution in [0.2, 0.25) is 0 Å². The largest absolute Gasteiger partial charge is 0.506 e. The quantitative estimate of drug-likeness (QED) is 0.327. The Balaban J connectivity index is 1.44. The molecule has 200 valence electrons. The van der Waals surface area contributed by atoms with E-state index in [0.29, 0.717) is 44.7 Å². The Bertz CT molecular complexity index is 1610. The van der Waals surface area contributed by atoms with Crippen molar-refractivity contribution >= 4 is 22.7 Å². The topological polar surface area (TPSA) is 127 Å². The van der Waals surface area contributed by atoms with Gasteiger partial charge >= 0.3 is 0 Å². The molecule has 2 aromatic carbocycles. The molecule has 9 heteroatoms. The van der Waals surface area contributed by atoms with Crippen molar-refractivity contribution in [1.29, 1.82) is 0 Å². The van der Waals surface area contributed by atoms with Gasteiger partial charge in [0.2, 0.25) is 5.91 Å². The Hall–Kier alpha value is -4.53. The van der Waals surface area contributed by atoms with Crippen LogP contribution in [-0.4, -0.2) is 40.0 Å². The Morgan fingerprint density at radius 1 is 1.21 bits per heavy atom. The molecule has 1 aliphatic rings. The number of aromatic hydroxyl groups is 1. The average molecular weight is 529 g/mol. The first-order valence-corrected chi connectivity index (χ1v) is 12.7. The fourth-order valence-corrected chi connectivity index (χ4v) is 4.72. The highest BCUT2D eigenvalue weighted by Crippen LogP contribution is 2.45. The lowest BCUT2D eigenvalue weighted by molar-refractivity contribution is -0.123. The number of carbonyl (C=O) groups excluding carboxylic acids is 2. The number of hydrogen-bond acceptors (Lipinski definition) is 6. The van der Waals surface area contributed by atoms with Gasteiger partial charge in [-0.05, 0) is 67.4 Å². The van der Waals surface area contributed by atoms with E-state index in [4.69, 9.17) is 15.5 Å². The monoisotopic (exact) mass is 528 g/mol. The number of nitrogens with two attached hydrogens (primary N) is 1. The summed E-state index contributed by atoms with van der Waals surface area (Å²) in [6.07, 6.45) is 2.49. The number of rotatable bonds is 7. The predicted molar refractivity (Wildman–Crippen MR) is 145 cm³/mol. The van der Waals surface area contributed by atoms with Crippen molar-refractivity contribution < 1.29 is 23.8 Å². The number of hydrogen-bond donors (Lipinski definition) is 3. The SMILES string of the molecule is CCc1cnc2c(O)cc(C(=O)NCC(C)c3cc4c(c(-c5ccc(F)cc5)n3)OC[C@]4(C)C(N)=O)cc2c1. The van der Waals surface area contributed by atoms with Crippen LogP contribution in [0, 0.1) is 5.82 Å². The van der Waals surface area contributed by atoms with Crippen LogP contribution in [0.4, 0.5) is 4.39 Å². The summed E-state index contributed by atoms with van der Waals surface area (Å²) in [4.78, 5) is 34.5. The molecule has 0 aliphatic carbocycles. The Morgan fingerprint density at radius 2 is 1.95 bits per heavy atom. The second-order valence-corrected chi connectivity index (χ2v) is 10.1. The van der Waals surface area contributed by atoms with E-state index >= 15 is 0 Å². The van der Waals surface area contributed by atoms with Gasteiger partial charge in [0.1, 0.15) is 40.5 Å². The second kappa shape index (κ2) is 9.98. The van der Waals surface area contributed by atoms with Gasteiger partial charge in [-0.2, -0.15) is 0 Å². The van der Waals surface area contributed by atoms with Gasteiger partial charge in [-0.3, -0.25) is 14.6 Å². The minimum absolute atomic E-state index is 0.0664. The summed E-state index contributed by atoms with van der Waals surface area (Å²) in [7, 11) is 0. The molecule has 3 heterocycles. The molecule has 0 radical (unpaired) electrons. The number of aromatic nitrogens is 2. The van der Waals surface area contributed by atoms with Crippen LogP contribution in [0.25, 0.3) is 22.2 Å². The van der Waals surface area contributed by atoms with Crippen molar-refractivity contribution in [3.63, 3.8) is 0 Å². The van der Waals surface area contributed by atoms with Gasteiger partial charge < -0.3 is 20.9 Å². The number of phenols is 1. The first-order chi connectivity index (χ1) is 18.6. The number of benzene rings is 2. The summed E-state index contributed by atoms with van der Waals surface area (Å²) in [5, 5.41) is 14.0. The van der Waals surface area contributed by atoms with E-state index in [1.165, 1.54) is 18.2 Å². The Morgan fingerprint density at radius 3 is 2.64 bits per heavy atom. The third kappa shape index (κ3) is 4.76. The first-order valence-electron chi connectivity index (χ1n) is 12.7. The molecule has 0 saturated carbocycles. The van der Waals surface area contributed by atoms with Crippen molar-refractivity contribution in [2.24, 2.45) is 5.73 Å². The van der Waals surface area contributed by atoms with Gasteiger partial charge in [0.05, 0.1) is 0 Å². The molecule has 0 bridgehead atoms. The zero-order valence-corrected chi connectivity index (χ0v) is 21.9. The van der Waals surface area contributed by atoms with E-state index in [1.807, 2.05) is 19.9 Å². The fourth-order valence-electron chi connectivity index (χ4n) is 4.72. The van der Waals surface area contributed by atoms with Crippen molar-refractivity contribution in [1.82, 2.24) is 15.3 Å². The Labute approximate surface area is 225 Å². The summed E-state index contributed by atoms with van der Waals surface area (Å²) in [5.74, 6) is -1.16. The molecule has 5 rings (SSSR count). The number of phenolic OH excluding ortho intramolecular Hbond substituents is 1. The highest BCUT2D eigenvalue weighted by molar-refractivity contribution is 6.00. The van der Waals surface area contributed by atoms with Gasteiger partial charge in [0.15, 0.2) is 0 Å². The molecule has 0 fully saturated rings. The molecule has 2 aromatic heterocycles. The van der Waals surface area contributed by atoms with E-state index in [1.54, 1.807) is 37.4 Å². The van der Waals surface area contributed by atoms with Gasteiger partial charge in [-0.25, -0.2) is 9.37 Å². The normalized spacial score (nSPS) is 16.9. The van der Waals surface area contributed by atoms with Crippen molar-refractivity contribution in [2.75, 3.05) is 13.2 Å². The van der Waals surface area contributed by atoms with E-state index in [-0.39, 0.29) is 36.5 Å². The number of aryl methyl sites for hydroxylation is 1. The van der Waals surface area contributed by atoms with E-state index < -0.39 is 11.3 Å². The van der Waals surface area contributed by atoms with E-state index in [2.05, 4.69) is 10.3 Å². The molecular formula is C30H29FN4O4. The predicted octanol–water partition coefficient (Wildman–Crippen LogP) is 4.37. The molecule has 0 spiro atoms. The number of pyridine rings is 2. The third-order valence-corrected chi connectivity index (χ3v) is 7.32. The maximum absolute atomic E-state index is 13.6. The zero-order valence-electron chi connectivity index (χ0n) is 21.9. The lowest BCUT2D eigenvalue weighted by Gasteiger charge is -2.20. The lowest BCUT2D eigenvalue weighted by Crippen LogP contribution is -2.39. The molecule has 4 aromatic rings. The number of primary amides is 1. The third-order valence-electron chi connectivity index (χ3n) is 7.32. The van der Waals surface area contributed by atoms with Gasteiger partial charge in [-0.1, -0.05) is 13.8 Å². The van der Waals surface area contributed by atoms with E-state index in [9.17, 15) is 19.1 Å². The van der Waals surface area contributed by atoms with Crippen LogP contribution in [0.15, 0.2) is 54.7 Å². The standard InChI is InChI=1S/C30H29FN4O4/c1-4-17-9-19-10-20(11-24(36)25(19)33-14-17)28(37)34-13-16(2)23-12-22-27(39-15-30(22,3)29(32)38)26(35-23)18-5-7-21(31)8-6-18/h5-12,14,16,36H,4,13,15H2,1-3H3,(H2,32,38)(H,34,37)/t16?,30-/m0/s1. The van der Waals surface area contributed by atoms with Gasteiger partial charge in [0.25, 0.3) is 5.91 Å². The minimum atomic E-state index is -1.06. The fraction of sp³-hybridized carbons (Fsp3) is 0.267. The summed E-state index contributed by atoms with van der Waals surface area (Å²) in [5.41, 5.74) is 8.76. The molecule has 1 aliphatic heterocycles.